The average molecular weight is 414 g/mol. The lowest BCUT2D eigenvalue weighted by Gasteiger charge is -2.15. The molecule has 156 valence electrons. The molecule has 2 amide bonds. The summed E-state index contributed by atoms with van der Waals surface area (Å²) < 4.78 is 7.76. The Hall–Kier alpha value is -4.13. The van der Waals surface area contributed by atoms with Gasteiger partial charge in [-0.05, 0) is 43.3 Å². The number of aromatic nitrogens is 2. The van der Waals surface area contributed by atoms with Crippen LogP contribution in [0.3, 0.4) is 0 Å². The van der Waals surface area contributed by atoms with E-state index in [9.17, 15) is 9.59 Å². The van der Waals surface area contributed by atoms with E-state index in [1.165, 1.54) is 0 Å². The molecule has 2 aromatic heterocycles. The lowest BCUT2D eigenvalue weighted by atomic mass is 10.2. The highest BCUT2D eigenvalue weighted by Gasteiger charge is 2.17. The Labute approximate surface area is 179 Å². The highest BCUT2D eigenvalue weighted by atomic mass is 16.5. The van der Waals surface area contributed by atoms with Crippen LogP contribution in [-0.4, -0.2) is 27.2 Å². The van der Waals surface area contributed by atoms with E-state index in [1.54, 1.807) is 49.4 Å². The van der Waals surface area contributed by atoms with Crippen molar-refractivity contribution in [1.29, 1.82) is 0 Å². The third kappa shape index (κ3) is 5.08. The number of ether oxygens (including phenoxy) is 1. The Morgan fingerprint density at radius 2 is 1.84 bits per heavy atom. The number of hydrogen-bond donors (Lipinski definition) is 2. The second-order valence-corrected chi connectivity index (χ2v) is 7.07. The van der Waals surface area contributed by atoms with E-state index >= 15 is 0 Å². The fraction of sp³-hybridized carbons (Fsp3) is 0.125. The molecule has 2 aromatic carbocycles. The summed E-state index contributed by atoms with van der Waals surface area (Å²) in [6.45, 7) is 1.95. The van der Waals surface area contributed by atoms with Gasteiger partial charge in [0.25, 0.3) is 5.91 Å². The molecule has 7 nitrogen and oxygen atoms in total. The van der Waals surface area contributed by atoms with Gasteiger partial charge in [0.2, 0.25) is 5.91 Å². The van der Waals surface area contributed by atoms with Crippen molar-refractivity contribution in [2.75, 3.05) is 5.32 Å². The first kappa shape index (κ1) is 20.2. The van der Waals surface area contributed by atoms with Gasteiger partial charge in [-0.3, -0.25) is 9.59 Å². The Morgan fingerprint density at radius 1 is 1.03 bits per heavy atom. The maximum atomic E-state index is 12.5. The first-order chi connectivity index (χ1) is 15.1. The summed E-state index contributed by atoms with van der Waals surface area (Å²) in [7, 11) is 0. The molecule has 0 aliphatic rings. The van der Waals surface area contributed by atoms with Gasteiger partial charge in [-0.1, -0.05) is 30.3 Å². The van der Waals surface area contributed by atoms with Gasteiger partial charge in [0, 0.05) is 29.7 Å². The summed E-state index contributed by atoms with van der Waals surface area (Å²) >= 11 is 0. The van der Waals surface area contributed by atoms with Crippen LogP contribution in [0.15, 0.2) is 85.2 Å². The van der Waals surface area contributed by atoms with Crippen molar-refractivity contribution >= 4 is 23.1 Å². The van der Waals surface area contributed by atoms with E-state index in [1.807, 2.05) is 47.1 Å². The topological polar surface area (TPSA) is 84.7 Å². The van der Waals surface area contributed by atoms with Crippen molar-refractivity contribution in [3.05, 3.63) is 96.4 Å². The van der Waals surface area contributed by atoms with E-state index in [2.05, 4.69) is 15.6 Å². The zero-order valence-electron chi connectivity index (χ0n) is 17.0. The zero-order chi connectivity index (χ0) is 21.6. The molecule has 0 bridgehead atoms. The van der Waals surface area contributed by atoms with Crippen LogP contribution in [0.25, 0.3) is 5.65 Å². The van der Waals surface area contributed by atoms with Crippen LogP contribution >= 0.6 is 0 Å². The standard InChI is InChI=1S/C24H22N4O3/c1-17(25-24(30)18-8-3-2-4-9-18)23(29)27-19-10-7-11-21(14-19)31-16-20-15-28-13-6-5-12-22(28)26-20/h2-15,17H,16H2,1H3,(H,25,30)(H,27,29). The van der Waals surface area contributed by atoms with E-state index < -0.39 is 6.04 Å². The van der Waals surface area contributed by atoms with Crippen molar-refractivity contribution in [3.8, 4) is 5.75 Å². The molecular weight excluding hydrogens is 392 g/mol. The highest BCUT2D eigenvalue weighted by molar-refractivity contribution is 6.01. The average Bonchev–Trinajstić information content (AvgIpc) is 3.21. The number of rotatable bonds is 7. The third-order valence-corrected chi connectivity index (χ3v) is 4.68. The minimum absolute atomic E-state index is 0.298. The highest BCUT2D eigenvalue weighted by Crippen LogP contribution is 2.19. The van der Waals surface area contributed by atoms with Crippen molar-refractivity contribution in [1.82, 2.24) is 14.7 Å². The minimum atomic E-state index is -0.699. The van der Waals surface area contributed by atoms with Gasteiger partial charge in [0.1, 0.15) is 24.0 Å². The molecule has 0 aliphatic heterocycles. The molecule has 1 atom stereocenters. The third-order valence-electron chi connectivity index (χ3n) is 4.68. The number of hydrogen-bond acceptors (Lipinski definition) is 4. The molecule has 0 fully saturated rings. The summed E-state index contributed by atoms with van der Waals surface area (Å²) in [6, 6.07) is 21.0. The molecule has 4 aromatic rings. The minimum Gasteiger partial charge on any atom is -0.487 e. The van der Waals surface area contributed by atoms with Gasteiger partial charge in [-0.2, -0.15) is 0 Å². The molecule has 0 saturated carbocycles. The molecule has 7 heteroatoms. The molecule has 0 spiro atoms. The van der Waals surface area contributed by atoms with E-state index in [-0.39, 0.29) is 11.8 Å². The summed E-state index contributed by atoms with van der Waals surface area (Å²) in [5, 5.41) is 5.50. The van der Waals surface area contributed by atoms with E-state index in [0.717, 1.165) is 11.3 Å². The molecule has 31 heavy (non-hydrogen) atoms. The maximum absolute atomic E-state index is 12.5. The van der Waals surface area contributed by atoms with Crippen LogP contribution in [0, 0.1) is 0 Å². The lowest BCUT2D eigenvalue weighted by Crippen LogP contribution is -2.41. The molecular formula is C24H22N4O3. The summed E-state index contributed by atoms with van der Waals surface area (Å²) in [5.41, 5.74) is 2.74. The second kappa shape index (κ2) is 9.13. The van der Waals surface area contributed by atoms with Gasteiger partial charge >= 0.3 is 0 Å². The fourth-order valence-electron chi connectivity index (χ4n) is 3.06. The van der Waals surface area contributed by atoms with Gasteiger partial charge in [0.15, 0.2) is 0 Å². The Balaban J connectivity index is 1.34. The molecule has 2 heterocycles. The normalized spacial score (nSPS) is 11.6. The predicted molar refractivity (Wildman–Crippen MR) is 118 cm³/mol. The molecule has 2 N–H and O–H groups in total. The molecule has 4 rings (SSSR count). The van der Waals surface area contributed by atoms with Crippen LogP contribution in [0.2, 0.25) is 0 Å². The van der Waals surface area contributed by atoms with Gasteiger partial charge in [0.05, 0.1) is 5.69 Å². The fourth-order valence-corrected chi connectivity index (χ4v) is 3.06. The summed E-state index contributed by atoms with van der Waals surface area (Å²) in [6.07, 6.45) is 3.85. The summed E-state index contributed by atoms with van der Waals surface area (Å²) in [5.74, 6) is -0.00889. The monoisotopic (exact) mass is 414 g/mol. The van der Waals surface area contributed by atoms with Crippen LogP contribution in [0.1, 0.15) is 23.0 Å². The molecule has 0 radical (unpaired) electrons. The number of nitrogens with one attached hydrogen (secondary N) is 2. The van der Waals surface area contributed by atoms with Crippen LogP contribution < -0.4 is 15.4 Å². The van der Waals surface area contributed by atoms with Gasteiger partial charge < -0.3 is 19.8 Å². The zero-order valence-corrected chi connectivity index (χ0v) is 17.0. The van der Waals surface area contributed by atoms with E-state index in [4.69, 9.17) is 4.74 Å². The number of benzene rings is 2. The Bertz CT molecular complexity index is 1170. The second-order valence-electron chi connectivity index (χ2n) is 7.07. The number of nitrogens with zero attached hydrogens (tertiary/aromatic N) is 2. The lowest BCUT2D eigenvalue weighted by molar-refractivity contribution is -0.117. The van der Waals surface area contributed by atoms with Crippen LogP contribution in [0.5, 0.6) is 5.75 Å². The number of fused-ring (bicyclic) bond motifs is 1. The van der Waals surface area contributed by atoms with Crippen molar-refractivity contribution in [2.45, 2.75) is 19.6 Å². The number of anilines is 1. The van der Waals surface area contributed by atoms with Gasteiger partial charge in [-0.15, -0.1) is 0 Å². The predicted octanol–water partition coefficient (Wildman–Crippen LogP) is 3.67. The van der Waals surface area contributed by atoms with Crippen LogP contribution in [-0.2, 0) is 11.4 Å². The van der Waals surface area contributed by atoms with Crippen molar-refractivity contribution < 1.29 is 14.3 Å². The summed E-state index contributed by atoms with van der Waals surface area (Å²) in [4.78, 5) is 29.2. The largest absolute Gasteiger partial charge is 0.487 e. The first-order valence-electron chi connectivity index (χ1n) is 9.91. The quantitative estimate of drug-likeness (QED) is 0.483. The SMILES string of the molecule is CC(NC(=O)c1ccccc1)C(=O)Nc1cccc(OCc2cn3ccccc3n2)c1. The van der Waals surface area contributed by atoms with Crippen molar-refractivity contribution in [2.24, 2.45) is 0 Å². The van der Waals surface area contributed by atoms with Gasteiger partial charge in [-0.25, -0.2) is 4.98 Å². The maximum Gasteiger partial charge on any atom is 0.251 e. The Morgan fingerprint density at radius 3 is 2.65 bits per heavy atom. The Kier molecular flexibility index (Phi) is 5.93. The molecule has 0 aliphatic carbocycles. The number of carbonyl (C=O) groups is 2. The van der Waals surface area contributed by atoms with Crippen molar-refractivity contribution in [3.63, 3.8) is 0 Å². The first-order valence-corrected chi connectivity index (χ1v) is 9.91. The molecule has 1 unspecified atom stereocenters. The molecule has 0 saturated heterocycles. The number of amides is 2. The van der Waals surface area contributed by atoms with E-state index in [0.29, 0.717) is 23.6 Å². The number of pyridine rings is 1. The number of imidazole rings is 1. The smallest absolute Gasteiger partial charge is 0.251 e. The van der Waals surface area contributed by atoms with Crippen LogP contribution in [0.4, 0.5) is 5.69 Å². The number of carbonyl (C=O) groups excluding carboxylic acids is 2.